The Morgan fingerprint density at radius 3 is 1.44 bits per heavy atom. The van der Waals surface area contributed by atoms with Gasteiger partial charge in [0.05, 0.1) is 6.23 Å². The third-order valence-corrected chi connectivity index (χ3v) is 0.418. The average Bonchev–Trinajstić information content (AvgIpc) is 1.65. The molecule has 0 saturated heterocycles. The lowest BCUT2D eigenvalue weighted by atomic mass is 10.5. The highest BCUT2D eigenvalue weighted by Gasteiger charge is 1.81. The van der Waals surface area contributed by atoms with E-state index in [0.717, 1.165) is 0 Å². The molecule has 0 bridgehead atoms. The molecular weight excluding hydrogens is 120 g/mol. The number of hydrogen-bond donors (Lipinski definition) is 4. The average molecular weight is 136 g/mol. The van der Waals surface area contributed by atoms with Crippen LogP contribution in [0.5, 0.6) is 0 Å². The molecule has 9 heavy (non-hydrogen) atoms. The van der Waals surface area contributed by atoms with E-state index in [1.54, 1.807) is 0 Å². The molecule has 0 aliphatic heterocycles. The summed E-state index contributed by atoms with van der Waals surface area (Å²) >= 11 is 0. The van der Waals surface area contributed by atoms with Gasteiger partial charge in [-0.1, -0.05) is 6.92 Å². The van der Waals surface area contributed by atoms with Crippen LogP contribution in [0.15, 0.2) is 0 Å². The van der Waals surface area contributed by atoms with E-state index in [2.05, 4.69) is 5.73 Å². The second kappa shape index (κ2) is 7.84. The van der Waals surface area contributed by atoms with E-state index in [1.807, 2.05) is 6.92 Å². The molecule has 0 radical (unpaired) electrons. The summed E-state index contributed by atoms with van der Waals surface area (Å²) in [6, 6.07) is 0. The van der Waals surface area contributed by atoms with E-state index in [-0.39, 0.29) is 0 Å². The molecule has 6 N–H and O–H groups in total. The third-order valence-electron chi connectivity index (χ3n) is 0.418. The molecule has 0 amide bonds. The van der Waals surface area contributed by atoms with E-state index in [0.29, 0.717) is 6.42 Å². The smallest absolute Gasteiger partial charge is 0.102 e. The summed E-state index contributed by atoms with van der Waals surface area (Å²) in [6.07, 6.45) is -0.644. The van der Waals surface area contributed by atoms with E-state index in [9.17, 15) is 0 Å². The van der Waals surface area contributed by atoms with Gasteiger partial charge in [-0.15, -0.1) is 0 Å². The molecule has 0 fully saturated rings. The van der Waals surface area contributed by atoms with E-state index < -0.39 is 12.5 Å². The summed E-state index contributed by atoms with van der Waals surface area (Å²) in [6.45, 7) is 3.32. The fourth-order valence-electron chi connectivity index (χ4n) is 0. The van der Waals surface area contributed by atoms with Gasteiger partial charge in [0, 0.05) is 0 Å². The first-order valence-electron chi connectivity index (χ1n) is 2.88. The number of nitrogens with two attached hydrogens (primary N) is 2. The highest BCUT2D eigenvalue weighted by molar-refractivity contribution is 4.31. The maximum absolute atomic E-state index is 8.14. The molecule has 0 aromatic heterocycles. The fourth-order valence-corrected chi connectivity index (χ4v) is 0. The normalized spacial score (nSPS) is 15.3. The first kappa shape index (κ1) is 11.6. The van der Waals surface area contributed by atoms with Gasteiger partial charge in [-0.2, -0.15) is 0 Å². The van der Waals surface area contributed by atoms with Crippen LogP contribution in [0.2, 0.25) is 0 Å². The Balaban J connectivity index is 0. The topological polar surface area (TPSA) is 92.5 Å². The van der Waals surface area contributed by atoms with Crippen molar-refractivity contribution in [2.24, 2.45) is 11.5 Å². The molecule has 0 spiro atoms. The van der Waals surface area contributed by atoms with Crippen LogP contribution < -0.4 is 11.5 Å². The summed E-state index contributed by atoms with van der Waals surface area (Å²) in [5.74, 6) is 0. The Morgan fingerprint density at radius 2 is 1.44 bits per heavy atom. The maximum atomic E-state index is 8.14. The minimum atomic E-state index is -0.667. The molecule has 4 heteroatoms. The van der Waals surface area contributed by atoms with E-state index >= 15 is 0 Å². The molecule has 4 nitrogen and oxygen atoms in total. The van der Waals surface area contributed by atoms with Gasteiger partial charge in [0.15, 0.2) is 0 Å². The molecule has 0 heterocycles. The zero-order valence-electron chi connectivity index (χ0n) is 5.91. The minimum Gasteiger partial charge on any atom is -0.379 e. The second-order valence-electron chi connectivity index (χ2n) is 1.72. The lowest BCUT2D eigenvalue weighted by Gasteiger charge is -1.91. The first-order chi connectivity index (χ1) is 4.00. The molecule has 0 aliphatic carbocycles. The molecule has 0 rings (SSSR count). The van der Waals surface area contributed by atoms with Crippen LogP contribution in [0.25, 0.3) is 0 Å². The zero-order chi connectivity index (χ0) is 7.86. The predicted octanol–water partition coefficient (Wildman–Crippen LogP) is -1.04. The van der Waals surface area contributed by atoms with Gasteiger partial charge in [0.2, 0.25) is 0 Å². The van der Waals surface area contributed by atoms with Crippen molar-refractivity contribution in [1.29, 1.82) is 0 Å². The molecule has 2 atom stereocenters. The Kier molecular flexibility index (Phi) is 10.1. The van der Waals surface area contributed by atoms with Crippen molar-refractivity contribution in [3.8, 4) is 0 Å². The van der Waals surface area contributed by atoms with Crippen LogP contribution in [0, 0.1) is 0 Å². The summed E-state index contributed by atoms with van der Waals surface area (Å²) < 4.78 is 0. The fraction of sp³-hybridized carbons (Fsp3) is 1.00. The summed E-state index contributed by atoms with van der Waals surface area (Å²) in [4.78, 5) is 0. The van der Waals surface area contributed by atoms with Crippen LogP contribution in [0.4, 0.5) is 0 Å². The third kappa shape index (κ3) is 79.0. The summed E-state index contributed by atoms with van der Waals surface area (Å²) in [5, 5.41) is 16.0. The van der Waals surface area contributed by atoms with Crippen LogP contribution in [-0.2, 0) is 0 Å². The SMILES string of the molecule is CC(N)O.CCC(N)O. The van der Waals surface area contributed by atoms with Crippen molar-refractivity contribution in [2.45, 2.75) is 32.7 Å². The molecule has 2 unspecified atom stereocenters. The second-order valence-corrected chi connectivity index (χ2v) is 1.72. The van der Waals surface area contributed by atoms with Gasteiger partial charge in [0.25, 0.3) is 0 Å². The van der Waals surface area contributed by atoms with Crippen LogP contribution in [0.3, 0.4) is 0 Å². The maximum Gasteiger partial charge on any atom is 0.102 e. The van der Waals surface area contributed by atoms with Crippen molar-refractivity contribution >= 4 is 0 Å². The van der Waals surface area contributed by atoms with E-state index in [4.69, 9.17) is 15.9 Å². The molecular formula is C5H16N2O2. The minimum absolute atomic E-state index is 0.616. The van der Waals surface area contributed by atoms with Gasteiger partial charge in [-0.25, -0.2) is 0 Å². The Hall–Kier alpha value is -0.160. The lowest BCUT2D eigenvalue weighted by molar-refractivity contribution is 0.178. The van der Waals surface area contributed by atoms with Gasteiger partial charge in [0.1, 0.15) is 6.23 Å². The number of aliphatic hydroxyl groups excluding tert-OH is 2. The number of aliphatic hydroxyl groups is 2. The van der Waals surface area contributed by atoms with Crippen molar-refractivity contribution in [2.75, 3.05) is 0 Å². The van der Waals surface area contributed by atoms with Gasteiger partial charge < -0.3 is 21.7 Å². The first-order valence-corrected chi connectivity index (χ1v) is 2.88. The standard InChI is InChI=1S/C3H9NO.C2H7NO/c1-2-3(4)5;1-2(3)4/h3,5H,2,4H2,1H3;2,4H,3H2,1H3. The molecule has 0 saturated carbocycles. The highest BCUT2D eigenvalue weighted by atomic mass is 16.3. The van der Waals surface area contributed by atoms with Crippen LogP contribution in [-0.4, -0.2) is 22.7 Å². The molecule has 0 aromatic carbocycles. The van der Waals surface area contributed by atoms with Crippen molar-refractivity contribution in [3.05, 3.63) is 0 Å². The van der Waals surface area contributed by atoms with Crippen LogP contribution in [0.1, 0.15) is 20.3 Å². The Bertz CT molecular complexity index is 45.5. The monoisotopic (exact) mass is 136 g/mol. The Labute approximate surface area is 55.5 Å². The van der Waals surface area contributed by atoms with Crippen molar-refractivity contribution < 1.29 is 10.2 Å². The molecule has 58 valence electrons. The van der Waals surface area contributed by atoms with E-state index in [1.165, 1.54) is 6.92 Å². The summed E-state index contributed by atoms with van der Waals surface area (Å²) in [5.41, 5.74) is 9.51. The van der Waals surface area contributed by atoms with Crippen molar-refractivity contribution in [3.63, 3.8) is 0 Å². The quantitative estimate of drug-likeness (QED) is 0.346. The largest absolute Gasteiger partial charge is 0.379 e. The van der Waals surface area contributed by atoms with Crippen LogP contribution >= 0.6 is 0 Å². The van der Waals surface area contributed by atoms with Gasteiger partial charge >= 0.3 is 0 Å². The summed E-state index contributed by atoms with van der Waals surface area (Å²) in [7, 11) is 0. The molecule has 0 aliphatic rings. The lowest BCUT2D eigenvalue weighted by Crippen LogP contribution is -2.16. The predicted molar refractivity (Wildman–Crippen MR) is 36.4 cm³/mol. The van der Waals surface area contributed by atoms with Gasteiger partial charge in [-0.05, 0) is 13.3 Å². The van der Waals surface area contributed by atoms with Crippen molar-refractivity contribution in [1.82, 2.24) is 0 Å². The number of hydrogen-bond acceptors (Lipinski definition) is 4. The van der Waals surface area contributed by atoms with Gasteiger partial charge in [-0.3, -0.25) is 0 Å². The highest BCUT2D eigenvalue weighted by Crippen LogP contribution is 1.72. The molecule has 0 aromatic rings. The zero-order valence-corrected chi connectivity index (χ0v) is 5.91. The Morgan fingerprint density at radius 1 is 1.33 bits per heavy atom. The number of rotatable bonds is 1.